The van der Waals surface area contributed by atoms with Gasteiger partial charge in [0.2, 0.25) is 0 Å². The van der Waals surface area contributed by atoms with Crippen molar-refractivity contribution < 1.29 is 0 Å². The van der Waals surface area contributed by atoms with Crippen molar-refractivity contribution in [2.24, 2.45) is 0 Å². The maximum Gasteiger partial charge on any atom is 0.114 e. The van der Waals surface area contributed by atoms with Gasteiger partial charge in [-0.15, -0.1) is 0 Å². The van der Waals surface area contributed by atoms with E-state index in [9.17, 15) is 0 Å². The van der Waals surface area contributed by atoms with E-state index in [0.717, 1.165) is 88.5 Å². The minimum atomic E-state index is -0.243. The van der Waals surface area contributed by atoms with Crippen LogP contribution in [0.15, 0.2) is 194 Å². The highest BCUT2D eigenvalue weighted by atomic mass is 15.1. The van der Waals surface area contributed by atoms with Gasteiger partial charge < -0.3 is 9.80 Å². The molecule has 10 aromatic rings. The number of para-hydroxylation sites is 4. The maximum absolute atomic E-state index is 7.05. The molecule has 0 bridgehead atoms. The molecule has 0 unspecified atom stereocenters. The van der Waals surface area contributed by atoms with Gasteiger partial charge in [-0.05, 0) is 133 Å². The van der Waals surface area contributed by atoms with Crippen LogP contribution >= 0.6 is 0 Å². The van der Waals surface area contributed by atoms with E-state index in [-0.39, 0.29) is 5.41 Å². The summed E-state index contributed by atoms with van der Waals surface area (Å²) in [4.78, 5) is 4.65. The summed E-state index contributed by atoms with van der Waals surface area (Å²) in [5.41, 5.74) is 15.2. The molecule has 0 spiro atoms. The smallest absolute Gasteiger partial charge is 0.114 e. The van der Waals surface area contributed by atoms with Gasteiger partial charge in [-0.25, -0.2) is 0 Å². The van der Waals surface area contributed by atoms with Crippen molar-refractivity contribution in [3.8, 4) is 22.3 Å². The number of nitrogens with zero attached hydrogens (tertiary/aromatic N) is 2. The van der Waals surface area contributed by atoms with Gasteiger partial charge in [-0.2, -0.15) is 0 Å². The van der Waals surface area contributed by atoms with Gasteiger partial charge in [0.1, 0.15) is 15.7 Å². The fourth-order valence-corrected chi connectivity index (χ4v) is 9.67. The van der Waals surface area contributed by atoms with Gasteiger partial charge in [-0.3, -0.25) is 0 Å². The molecule has 0 N–H and O–H groups in total. The number of fused-ring (bicyclic) bond motifs is 3. The summed E-state index contributed by atoms with van der Waals surface area (Å²) >= 11 is 0. The second-order valence-corrected chi connectivity index (χ2v) is 16.2. The van der Waals surface area contributed by atoms with Crippen LogP contribution in [0.3, 0.4) is 0 Å². The zero-order chi connectivity index (χ0) is 39.8. The first-order valence-electron chi connectivity index (χ1n) is 20.3. The number of hydrogen-bond acceptors (Lipinski definition) is 2. The fraction of sp³-hybridized carbons (Fsp3) is 0.0545. The number of hydrogen-bond donors (Lipinski definition) is 0. The van der Waals surface area contributed by atoms with Crippen molar-refractivity contribution in [3.05, 3.63) is 205 Å². The molecule has 0 fully saturated rings. The molecule has 0 atom stereocenters. The largest absolute Gasteiger partial charge is 0.310 e. The van der Waals surface area contributed by atoms with Gasteiger partial charge in [0.15, 0.2) is 0 Å². The Morgan fingerprint density at radius 1 is 0.356 bits per heavy atom. The second-order valence-electron chi connectivity index (χ2n) is 16.2. The quantitative estimate of drug-likeness (QED) is 0.118. The standard InChI is InChI=1S/C55H38B2N2/c1-55(2)48-31-35(23-25-41(48)42-26-24-40(32-49(42)55)58(36-15-7-3-8-16-36)37-17-9-4-10-18-37)47-33-50(56)44-29-30-46-52(34-51(57)45-28-27-43(47)53(44)54(45)46)59(38-19-11-5-12-20-38)39-21-13-6-14-22-39/h3-34H,1-2H3. The lowest BCUT2D eigenvalue weighted by Gasteiger charge is -2.29. The Morgan fingerprint density at radius 2 is 0.797 bits per heavy atom. The first kappa shape index (κ1) is 35.2. The van der Waals surface area contributed by atoms with Crippen LogP contribution in [0.5, 0.6) is 0 Å². The van der Waals surface area contributed by atoms with Gasteiger partial charge in [0.05, 0.1) is 5.69 Å². The van der Waals surface area contributed by atoms with E-state index in [1.165, 1.54) is 22.3 Å². The third kappa shape index (κ3) is 5.51. The summed E-state index contributed by atoms with van der Waals surface area (Å²) in [5, 5.41) is 6.61. The highest BCUT2D eigenvalue weighted by Gasteiger charge is 2.36. The monoisotopic (exact) mass is 748 g/mol. The molecule has 1 aliphatic carbocycles. The van der Waals surface area contributed by atoms with Crippen LogP contribution in [0.25, 0.3) is 54.6 Å². The topological polar surface area (TPSA) is 6.48 Å². The third-order valence-electron chi connectivity index (χ3n) is 12.5. The number of anilines is 6. The Labute approximate surface area is 348 Å². The van der Waals surface area contributed by atoms with E-state index in [4.69, 9.17) is 15.7 Å². The molecule has 10 aromatic carbocycles. The van der Waals surface area contributed by atoms with Crippen LogP contribution in [0.2, 0.25) is 0 Å². The molecular formula is C55H38B2N2. The van der Waals surface area contributed by atoms with Gasteiger partial charge in [0.25, 0.3) is 0 Å². The van der Waals surface area contributed by atoms with E-state index < -0.39 is 0 Å². The summed E-state index contributed by atoms with van der Waals surface area (Å²) in [7, 11) is 14.1. The third-order valence-corrected chi connectivity index (χ3v) is 12.5. The lowest BCUT2D eigenvalue weighted by molar-refractivity contribution is 0.660. The van der Waals surface area contributed by atoms with E-state index in [1.54, 1.807) is 0 Å². The van der Waals surface area contributed by atoms with Gasteiger partial charge >= 0.3 is 0 Å². The SMILES string of the molecule is [B]c1cc(-c2ccc3c(c2)C(C)(C)c2cc(N(c4ccccc4)c4ccccc4)ccc2-3)c2ccc3c([B])cc(N(c4ccccc4)c4ccccc4)c4ccc1c2c34. The molecule has 0 saturated carbocycles. The Hall–Kier alpha value is -7.03. The molecule has 11 rings (SSSR count). The Balaban J connectivity index is 1.07. The Morgan fingerprint density at radius 3 is 1.36 bits per heavy atom. The maximum atomic E-state index is 7.05. The first-order valence-corrected chi connectivity index (χ1v) is 20.3. The second kappa shape index (κ2) is 13.5. The van der Waals surface area contributed by atoms with Crippen LogP contribution in [0, 0.1) is 0 Å². The van der Waals surface area contributed by atoms with Crippen LogP contribution in [0.1, 0.15) is 25.0 Å². The molecule has 4 radical (unpaired) electrons. The number of rotatable bonds is 7. The molecule has 0 aromatic heterocycles. The van der Waals surface area contributed by atoms with Crippen molar-refractivity contribution in [3.63, 3.8) is 0 Å². The molecule has 2 nitrogen and oxygen atoms in total. The van der Waals surface area contributed by atoms with Gasteiger partial charge in [-0.1, -0.05) is 146 Å². The Bertz CT molecular complexity index is 3120. The van der Waals surface area contributed by atoms with E-state index in [1.807, 2.05) is 0 Å². The van der Waals surface area contributed by atoms with Crippen molar-refractivity contribution in [1.29, 1.82) is 0 Å². The zero-order valence-corrected chi connectivity index (χ0v) is 33.0. The molecule has 59 heavy (non-hydrogen) atoms. The summed E-state index contributed by atoms with van der Waals surface area (Å²) in [5.74, 6) is 0. The normalized spacial score (nSPS) is 12.8. The number of benzene rings is 10. The predicted octanol–water partition coefficient (Wildman–Crippen LogP) is 13.1. The van der Waals surface area contributed by atoms with Crippen molar-refractivity contribution in [2.45, 2.75) is 19.3 Å². The van der Waals surface area contributed by atoms with E-state index >= 15 is 0 Å². The molecule has 0 aliphatic heterocycles. The predicted molar refractivity (Wildman–Crippen MR) is 253 cm³/mol. The van der Waals surface area contributed by atoms with E-state index in [2.05, 4.69) is 218 Å². The van der Waals surface area contributed by atoms with Crippen molar-refractivity contribution in [1.82, 2.24) is 0 Å². The highest BCUT2D eigenvalue weighted by Crippen LogP contribution is 2.52. The van der Waals surface area contributed by atoms with Crippen LogP contribution < -0.4 is 20.7 Å². The zero-order valence-electron chi connectivity index (χ0n) is 33.0. The summed E-state index contributed by atoms with van der Waals surface area (Å²) in [6.45, 7) is 4.71. The van der Waals surface area contributed by atoms with Crippen molar-refractivity contribution >= 4 is 93.1 Å². The molecule has 0 heterocycles. The lowest BCUT2D eigenvalue weighted by atomic mass is 9.78. The molecule has 274 valence electrons. The van der Waals surface area contributed by atoms with E-state index in [0.29, 0.717) is 0 Å². The van der Waals surface area contributed by atoms with Crippen LogP contribution in [0.4, 0.5) is 34.1 Å². The molecule has 0 amide bonds. The average molecular weight is 749 g/mol. The van der Waals surface area contributed by atoms with Gasteiger partial charge in [0, 0.05) is 39.2 Å². The molecule has 1 aliphatic rings. The highest BCUT2D eigenvalue weighted by molar-refractivity contribution is 6.47. The summed E-state index contributed by atoms with van der Waals surface area (Å²) in [6, 6.07) is 69.3. The first-order chi connectivity index (χ1) is 28.9. The minimum Gasteiger partial charge on any atom is -0.310 e. The summed E-state index contributed by atoms with van der Waals surface area (Å²) < 4.78 is 0. The molecular weight excluding hydrogens is 710 g/mol. The average Bonchev–Trinajstić information content (AvgIpc) is 3.50. The van der Waals surface area contributed by atoms with Crippen molar-refractivity contribution in [2.75, 3.05) is 9.80 Å². The van der Waals surface area contributed by atoms with Crippen LogP contribution in [-0.4, -0.2) is 15.7 Å². The molecule has 0 saturated heterocycles. The molecule has 4 heteroatoms. The fourth-order valence-electron chi connectivity index (χ4n) is 9.67. The Kier molecular flexibility index (Phi) is 8.07. The summed E-state index contributed by atoms with van der Waals surface area (Å²) in [6.07, 6.45) is 0. The lowest BCUT2D eigenvalue weighted by Crippen LogP contribution is -2.17. The van der Waals surface area contributed by atoms with Crippen LogP contribution in [-0.2, 0) is 5.41 Å². The minimum absolute atomic E-state index is 0.243.